The van der Waals surface area contributed by atoms with E-state index >= 15 is 0 Å². The van der Waals surface area contributed by atoms with Gasteiger partial charge in [-0.15, -0.1) is 0 Å². The minimum Gasteiger partial charge on any atom is -0.459 e. The van der Waals surface area contributed by atoms with Gasteiger partial charge in [-0.3, -0.25) is 0 Å². The summed E-state index contributed by atoms with van der Waals surface area (Å²) < 4.78 is 60.4. The van der Waals surface area contributed by atoms with E-state index in [0.29, 0.717) is 11.1 Å². The van der Waals surface area contributed by atoms with Gasteiger partial charge in [0.25, 0.3) is 6.43 Å². The highest BCUT2D eigenvalue weighted by Crippen LogP contribution is 2.29. The molecule has 0 bridgehead atoms. The second-order valence-electron chi connectivity index (χ2n) is 7.23. The number of nitrogens with zero attached hydrogens (tertiary/aromatic N) is 1. The summed E-state index contributed by atoms with van der Waals surface area (Å²) in [6.07, 6.45) is -2.75. The van der Waals surface area contributed by atoms with E-state index in [1.54, 1.807) is 13.8 Å². The number of alkyl halides is 2. The number of hydrogen-bond donors (Lipinski definition) is 0. The molecule has 3 rings (SSSR count). The average molecular weight is 498 g/mol. The lowest BCUT2D eigenvalue weighted by Gasteiger charge is -2.24. The predicted molar refractivity (Wildman–Crippen MR) is 115 cm³/mol. The van der Waals surface area contributed by atoms with E-state index in [0.717, 1.165) is 15.6 Å². The van der Waals surface area contributed by atoms with Gasteiger partial charge in [0.15, 0.2) is 5.76 Å². The third-order valence-electron chi connectivity index (χ3n) is 4.70. The smallest absolute Gasteiger partial charge is 0.295 e. The molecule has 4 nitrogen and oxygen atoms in total. The van der Waals surface area contributed by atoms with Crippen LogP contribution in [0, 0.1) is 20.8 Å². The lowest BCUT2D eigenvalue weighted by atomic mass is 10.1. The van der Waals surface area contributed by atoms with Crippen molar-refractivity contribution in [2.24, 2.45) is 0 Å². The largest absolute Gasteiger partial charge is 0.459 e. The van der Waals surface area contributed by atoms with Crippen molar-refractivity contribution in [2.75, 3.05) is 0 Å². The van der Waals surface area contributed by atoms with Crippen LogP contribution < -0.4 is 0 Å². The first-order valence-electron chi connectivity index (χ1n) is 9.27. The number of aryl methyl sites for hydroxylation is 3. The third kappa shape index (κ3) is 4.99. The summed E-state index contributed by atoms with van der Waals surface area (Å²) in [7, 11) is -3.92. The SMILES string of the molecule is Cc1cc(C)c(S(=O)(=O)N(Cc2ccc(Br)cc2)Cc2ccc(C(F)F)o2)c(C)c1. The normalized spacial score (nSPS) is 12.1. The van der Waals surface area contributed by atoms with Gasteiger partial charge in [0.1, 0.15) is 5.76 Å². The second-order valence-corrected chi connectivity index (χ2v) is 10.0. The Morgan fingerprint density at radius 2 is 1.57 bits per heavy atom. The maximum atomic E-state index is 13.6. The van der Waals surface area contributed by atoms with Crippen LogP contribution in [0.25, 0.3) is 0 Å². The maximum absolute atomic E-state index is 13.6. The van der Waals surface area contributed by atoms with E-state index in [1.165, 1.54) is 16.4 Å². The molecule has 0 aliphatic rings. The molecule has 8 heteroatoms. The second kappa shape index (κ2) is 8.99. The summed E-state index contributed by atoms with van der Waals surface area (Å²) >= 11 is 3.37. The van der Waals surface area contributed by atoms with Gasteiger partial charge in [0.2, 0.25) is 10.0 Å². The highest BCUT2D eigenvalue weighted by atomic mass is 79.9. The van der Waals surface area contributed by atoms with Crippen LogP contribution in [0.2, 0.25) is 0 Å². The van der Waals surface area contributed by atoms with Gasteiger partial charge in [-0.05, 0) is 61.7 Å². The van der Waals surface area contributed by atoms with Crippen LogP contribution in [0.5, 0.6) is 0 Å². The van der Waals surface area contributed by atoms with E-state index in [9.17, 15) is 17.2 Å². The molecular weight excluding hydrogens is 476 g/mol. The minimum atomic E-state index is -3.92. The summed E-state index contributed by atoms with van der Waals surface area (Å²) in [5, 5.41) is 0. The van der Waals surface area contributed by atoms with E-state index in [4.69, 9.17) is 4.42 Å². The van der Waals surface area contributed by atoms with Crippen molar-refractivity contribution in [1.29, 1.82) is 0 Å². The van der Waals surface area contributed by atoms with Gasteiger partial charge < -0.3 is 4.42 Å². The molecule has 0 N–H and O–H groups in total. The Balaban J connectivity index is 2.04. The standard InChI is InChI=1S/C22H22BrF2NO3S/c1-14-10-15(2)21(16(3)11-14)30(27,28)26(12-17-4-6-18(23)7-5-17)13-19-8-9-20(29-19)22(24)25/h4-11,22H,12-13H2,1-3H3. The van der Waals surface area contributed by atoms with Crippen molar-refractivity contribution in [3.05, 3.63) is 86.8 Å². The summed E-state index contributed by atoms with van der Waals surface area (Å²) in [6.45, 7) is 5.34. The minimum absolute atomic E-state index is 0.0765. The van der Waals surface area contributed by atoms with Gasteiger partial charge >= 0.3 is 0 Å². The zero-order chi connectivity index (χ0) is 22.1. The molecule has 0 atom stereocenters. The molecule has 1 heterocycles. The van der Waals surface area contributed by atoms with Crippen LogP contribution in [0.4, 0.5) is 8.78 Å². The molecule has 30 heavy (non-hydrogen) atoms. The van der Waals surface area contributed by atoms with Gasteiger partial charge in [-0.25, -0.2) is 17.2 Å². The van der Waals surface area contributed by atoms with Gasteiger partial charge in [-0.2, -0.15) is 4.31 Å². The van der Waals surface area contributed by atoms with Crippen LogP contribution in [0.15, 0.2) is 62.3 Å². The zero-order valence-electron chi connectivity index (χ0n) is 16.8. The highest BCUT2D eigenvalue weighted by molar-refractivity contribution is 9.10. The van der Waals surface area contributed by atoms with E-state index in [2.05, 4.69) is 15.9 Å². The third-order valence-corrected chi connectivity index (χ3v) is 7.33. The number of sulfonamides is 1. The fourth-order valence-electron chi connectivity index (χ4n) is 3.49. The van der Waals surface area contributed by atoms with Crippen molar-refractivity contribution < 1.29 is 21.6 Å². The van der Waals surface area contributed by atoms with Gasteiger partial charge in [0, 0.05) is 11.0 Å². The fourth-order valence-corrected chi connectivity index (χ4v) is 5.56. The maximum Gasteiger partial charge on any atom is 0.295 e. The molecule has 0 aliphatic heterocycles. The number of halogens is 3. The molecule has 0 saturated carbocycles. The summed E-state index contributed by atoms with van der Waals surface area (Å²) in [6, 6.07) is 13.5. The Hall–Kier alpha value is -2.03. The number of benzene rings is 2. The van der Waals surface area contributed by atoms with E-state index in [1.807, 2.05) is 43.3 Å². The van der Waals surface area contributed by atoms with Gasteiger partial charge in [-0.1, -0.05) is 45.8 Å². The first kappa shape index (κ1) is 22.7. The summed E-state index contributed by atoms with van der Waals surface area (Å²) in [5.41, 5.74) is 3.02. The van der Waals surface area contributed by atoms with Crippen molar-refractivity contribution >= 4 is 26.0 Å². The molecule has 3 aromatic rings. The van der Waals surface area contributed by atoms with Crippen molar-refractivity contribution in [3.63, 3.8) is 0 Å². The number of hydrogen-bond acceptors (Lipinski definition) is 3. The van der Waals surface area contributed by atoms with Crippen LogP contribution in [0.1, 0.15) is 40.2 Å². The molecular formula is C22H22BrF2NO3S. The Kier molecular flexibility index (Phi) is 6.79. The molecule has 0 radical (unpaired) electrons. The van der Waals surface area contributed by atoms with Crippen LogP contribution in [-0.2, 0) is 23.1 Å². The fraction of sp³-hybridized carbons (Fsp3) is 0.273. The topological polar surface area (TPSA) is 50.5 Å². The van der Waals surface area contributed by atoms with E-state index in [-0.39, 0.29) is 23.7 Å². The van der Waals surface area contributed by atoms with Crippen molar-refractivity contribution in [1.82, 2.24) is 4.31 Å². The highest BCUT2D eigenvalue weighted by Gasteiger charge is 2.29. The number of rotatable bonds is 7. The van der Waals surface area contributed by atoms with Gasteiger partial charge in [0.05, 0.1) is 11.4 Å². The van der Waals surface area contributed by atoms with Crippen molar-refractivity contribution in [2.45, 2.75) is 45.2 Å². The summed E-state index contributed by atoms with van der Waals surface area (Å²) in [4.78, 5) is 0.228. The zero-order valence-corrected chi connectivity index (χ0v) is 19.2. The van der Waals surface area contributed by atoms with E-state index < -0.39 is 22.2 Å². The molecule has 1 aromatic heterocycles. The molecule has 0 spiro atoms. The molecule has 0 saturated heterocycles. The molecule has 0 fully saturated rings. The Labute approximate surface area is 183 Å². The van der Waals surface area contributed by atoms with Crippen LogP contribution >= 0.6 is 15.9 Å². The Morgan fingerprint density at radius 1 is 0.967 bits per heavy atom. The molecule has 0 aliphatic carbocycles. The Morgan fingerprint density at radius 3 is 2.10 bits per heavy atom. The molecule has 160 valence electrons. The average Bonchev–Trinajstić information content (AvgIpc) is 3.11. The molecule has 2 aromatic carbocycles. The monoisotopic (exact) mass is 497 g/mol. The number of furan rings is 1. The summed E-state index contributed by atoms with van der Waals surface area (Å²) in [5.74, 6) is -0.318. The first-order valence-corrected chi connectivity index (χ1v) is 11.5. The molecule has 0 amide bonds. The van der Waals surface area contributed by atoms with Crippen molar-refractivity contribution in [3.8, 4) is 0 Å². The van der Waals surface area contributed by atoms with Crippen LogP contribution in [0.3, 0.4) is 0 Å². The first-order chi connectivity index (χ1) is 14.1. The lowest BCUT2D eigenvalue weighted by molar-refractivity contribution is 0.119. The quantitative estimate of drug-likeness (QED) is 0.385. The predicted octanol–water partition coefficient (Wildman–Crippen LogP) is 6.30. The molecule has 0 unspecified atom stereocenters. The van der Waals surface area contributed by atoms with Crippen LogP contribution in [-0.4, -0.2) is 12.7 Å². The Bertz CT molecular complexity index is 1120. The lowest BCUT2D eigenvalue weighted by Crippen LogP contribution is -2.31.